The lowest BCUT2D eigenvalue weighted by atomic mass is 10.0. The van der Waals surface area contributed by atoms with E-state index in [1.807, 2.05) is 37.3 Å². The van der Waals surface area contributed by atoms with E-state index in [9.17, 15) is 20.0 Å². The van der Waals surface area contributed by atoms with E-state index in [1.165, 1.54) is 11.8 Å². The number of aromatic carboxylic acids is 1. The number of benzene rings is 3. The van der Waals surface area contributed by atoms with Gasteiger partial charge in [-0.1, -0.05) is 71.9 Å². The molecule has 0 aliphatic carbocycles. The second kappa shape index (κ2) is 11.2. The van der Waals surface area contributed by atoms with Crippen LogP contribution in [0.3, 0.4) is 0 Å². The van der Waals surface area contributed by atoms with E-state index in [4.69, 9.17) is 0 Å². The summed E-state index contributed by atoms with van der Waals surface area (Å²) in [6.07, 6.45) is 0. The van der Waals surface area contributed by atoms with Gasteiger partial charge >= 0.3 is 5.97 Å². The quantitative estimate of drug-likeness (QED) is 0.229. The number of carbonyl (C=O) groups is 2. The highest BCUT2D eigenvalue weighted by Crippen LogP contribution is 2.28. The van der Waals surface area contributed by atoms with Crippen molar-refractivity contribution in [1.29, 1.82) is 5.26 Å². The smallest absolute Gasteiger partial charge is 0.336 e. The van der Waals surface area contributed by atoms with Gasteiger partial charge in [0, 0.05) is 22.2 Å². The van der Waals surface area contributed by atoms with Gasteiger partial charge in [0.15, 0.2) is 0 Å². The lowest BCUT2D eigenvalue weighted by Crippen LogP contribution is -2.14. The number of rotatable bonds is 7. The molecule has 2 N–H and O–H groups in total. The minimum atomic E-state index is -1.02. The Balaban J connectivity index is 1.28. The lowest BCUT2D eigenvalue weighted by Gasteiger charge is -2.09. The third kappa shape index (κ3) is 5.79. The van der Waals surface area contributed by atoms with Crippen LogP contribution in [-0.4, -0.2) is 32.7 Å². The summed E-state index contributed by atoms with van der Waals surface area (Å²) >= 11 is 1.21. The molecule has 3 aromatic carbocycles. The SMILES string of the molecule is Cc1ccc(-c2ccc(C#N)c(SCC(=O)Nc3ccc(-c4cc(C(=O)O)c5ccccc5n4)cc3)n2)cc1. The molecule has 0 bridgehead atoms. The molecule has 0 saturated carbocycles. The van der Waals surface area contributed by atoms with Crippen LogP contribution < -0.4 is 5.32 Å². The maximum absolute atomic E-state index is 12.7. The highest BCUT2D eigenvalue weighted by atomic mass is 32.2. The monoisotopic (exact) mass is 530 g/mol. The van der Waals surface area contributed by atoms with Crippen molar-refractivity contribution in [2.75, 3.05) is 11.1 Å². The fourth-order valence-corrected chi connectivity index (χ4v) is 4.85. The molecule has 190 valence electrons. The van der Waals surface area contributed by atoms with E-state index < -0.39 is 5.97 Å². The van der Waals surface area contributed by atoms with Crippen molar-refractivity contribution < 1.29 is 14.7 Å². The molecule has 7 nitrogen and oxygen atoms in total. The summed E-state index contributed by atoms with van der Waals surface area (Å²) in [5, 5.41) is 23.1. The summed E-state index contributed by atoms with van der Waals surface area (Å²) < 4.78 is 0. The Hall–Kier alpha value is -5.00. The number of fused-ring (bicyclic) bond motifs is 1. The summed E-state index contributed by atoms with van der Waals surface area (Å²) in [6.45, 7) is 2.01. The zero-order chi connectivity index (χ0) is 27.4. The number of nitriles is 1. The molecule has 5 aromatic rings. The number of aromatic nitrogens is 2. The zero-order valence-electron chi connectivity index (χ0n) is 20.9. The van der Waals surface area contributed by atoms with Gasteiger partial charge in [-0.05, 0) is 43.3 Å². The number of nitrogens with one attached hydrogen (secondary N) is 1. The van der Waals surface area contributed by atoms with Crippen LogP contribution in [0, 0.1) is 18.3 Å². The number of thioether (sulfide) groups is 1. The van der Waals surface area contributed by atoms with E-state index >= 15 is 0 Å². The number of pyridine rings is 2. The van der Waals surface area contributed by atoms with Crippen LogP contribution in [0.5, 0.6) is 0 Å². The van der Waals surface area contributed by atoms with Crippen LogP contribution in [0.4, 0.5) is 5.69 Å². The van der Waals surface area contributed by atoms with Gasteiger partial charge < -0.3 is 10.4 Å². The van der Waals surface area contributed by atoms with Crippen LogP contribution in [0.1, 0.15) is 21.5 Å². The number of aryl methyl sites for hydroxylation is 1. The first-order chi connectivity index (χ1) is 18.9. The van der Waals surface area contributed by atoms with Crippen LogP contribution in [-0.2, 0) is 4.79 Å². The number of amides is 1. The topological polar surface area (TPSA) is 116 Å². The Morgan fingerprint density at radius 1 is 0.897 bits per heavy atom. The summed E-state index contributed by atoms with van der Waals surface area (Å²) in [6, 6.07) is 29.3. The number of carbonyl (C=O) groups excluding carboxylic acids is 1. The third-order valence-corrected chi connectivity index (χ3v) is 7.07. The molecule has 2 aromatic heterocycles. The number of anilines is 1. The lowest BCUT2D eigenvalue weighted by molar-refractivity contribution is -0.113. The number of hydrogen-bond donors (Lipinski definition) is 2. The second-order valence-corrected chi connectivity index (χ2v) is 9.78. The van der Waals surface area contributed by atoms with E-state index in [0.29, 0.717) is 32.9 Å². The van der Waals surface area contributed by atoms with Crippen molar-refractivity contribution >= 4 is 40.2 Å². The predicted octanol–water partition coefficient (Wildman–Crippen LogP) is 6.57. The first kappa shape index (κ1) is 25.6. The Morgan fingerprint density at radius 3 is 2.31 bits per heavy atom. The van der Waals surface area contributed by atoms with Gasteiger partial charge in [-0.3, -0.25) is 4.79 Å². The van der Waals surface area contributed by atoms with Gasteiger partial charge in [0.1, 0.15) is 11.1 Å². The van der Waals surface area contributed by atoms with Gasteiger partial charge in [0.05, 0.1) is 33.8 Å². The molecule has 0 unspecified atom stereocenters. The molecule has 1 amide bonds. The van der Waals surface area contributed by atoms with Crippen molar-refractivity contribution in [1.82, 2.24) is 9.97 Å². The fourth-order valence-electron chi connectivity index (χ4n) is 4.08. The van der Waals surface area contributed by atoms with Crippen LogP contribution in [0.15, 0.2) is 96.0 Å². The average Bonchev–Trinajstić information content (AvgIpc) is 2.96. The minimum Gasteiger partial charge on any atom is -0.478 e. The average molecular weight is 531 g/mol. The molecule has 8 heteroatoms. The molecular formula is C31H22N4O3S. The standard InChI is InChI=1S/C31H22N4O3S/c1-19-6-8-20(9-7-19)26-15-12-22(17-32)30(35-26)39-18-29(36)33-23-13-10-21(11-14-23)28-16-25(31(37)38)24-4-2-3-5-27(24)34-28/h2-16H,18H2,1H3,(H,33,36)(H,37,38). The predicted molar refractivity (Wildman–Crippen MR) is 153 cm³/mol. The number of para-hydroxylation sites is 1. The van der Waals surface area contributed by atoms with E-state index in [-0.39, 0.29) is 17.2 Å². The van der Waals surface area contributed by atoms with Crippen LogP contribution in [0.2, 0.25) is 0 Å². The minimum absolute atomic E-state index is 0.0784. The molecule has 5 rings (SSSR count). The summed E-state index contributed by atoms with van der Waals surface area (Å²) in [7, 11) is 0. The van der Waals surface area contributed by atoms with Crippen molar-refractivity contribution in [2.24, 2.45) is 0 Å². The van der Waals surface area contributed by atoms with Crippen molar-refractivity contribution in [2.45, 2.75) is 11.9 Å². The zero-order valence-corrected chi connectivity index (χ0v) is 21.7. The normalized spacial score (nSPS) is 10.7. The van der Waals surface area contributed by atoms with Gasteiger partial charge in [-0.2, -0.15) is 5.26 Å². The number of nitrogens with zero attached hydrogens (tertiary/aromatic N) is 3. The Labute approximate surface area is 229 Å². The molecular weight excluding hydrogens is 508 g/mol. The van der Waals surface area contributed by atoms with Gasteiger partial charge in [-0.25, -0.2) is 14.8 Å². The molecule has 0 aliphatic rings. The van der Waals surface area contributed by atoms with Gasteiger partial charge in [-0.15, -0.1) is 0 Å². The molecule has 39 heavy (non-hydrogen) atoms. The van der Waals surface area contributed by atoms with Crippen LogP contribution >= 0.6 is 11.8 Å². The van der Waals surface area contributed by atoms with E-state index in [0.717, 1.165) is 22.4 Å². The van der Waals surface area contributed by atoms with Gasteiger partial charge in [0.2, 0.25) is 5.91 Å². The number of carboxylic acids is 1. The van der Waals surface area contributed by atoms with E-state index in [2.05, 4.69) is 21.4 Å². The molecule has 0 aliphatic heterocycles. The molecule has 0 radical (unpaired) electrons. The summed E-state index contributed by atoms with van der Waals surface area (Å²) in [5.74, 6) is -1.18. The van der Waals surface area contributed by atoms with Crippen molar-refractivity contribution in [3.63, 3.8) is 0 Å². The number of carboxylic acid groups (broad SMARTS) is 1. The van der Waals surface area contributed by atoms with E-state index in [1.54, 1.807) is 60.7 Å². The maximum atomic E-state index is 12.7. The summed E-state index contributed by atoms with van der Waals surface area (Å²) in [4.78, 5) is 33.7. The fraction of sp³-hybridized carbons (Fsp3) is 0.0645. The molecule has 0 atom stereocenters. The Morgan fingerprint density at radius 2 is 1.59 bits per heavy atom. The maximum Gasteiger partial charge on any atom is 0.336 e. The first-order valence-corrected chi connectivity index (χ1v) is 13.0. The first-order valence-electron chi connectivity index (χ1n) is 12.1. The highest BCUT2D eigenvalue weighted by molar-refractivity contribution is 8.00. The van der Waals surface area contributed by atoms with Crippen molar-refractivity contribution in [3.05, 3.63) is 108 Å². The molecule has 0 spiro atoms. The van der Waals surface area contributed by atoms with Gasteiger partial charge in [0.25, 0.3) is 0 Å². The largest absolute Gasteiger partial charge is 0.478 e. The molecule has 0 saturated heterocycles. The number of hydrogen-bond acceptors (Lipinski definition) is 6. The Kier molecular flexibility index (Phi) is 7.34. The Bertz CT molecular complexity index is 1740. The third-order valence-electron chi connectivity index (χ3n) is 6.08. The second-order valence-electron chi connectivity index (χ2n) is 8.82. The highest BCUT2D eigenvalue weighted by Gasteiger charge is 2.14. The molecule has 2 heterocycles. The molecule has 0 fully saturated rings. The van der Waals surface area contributed by atoms with Crippen LogP contribution in [0.25, 0.3) is 33.4 Å². The van der Waals surface area contributed by atoms with Crippen molar-refractivity contribution in [3.8, 4) is 28.6 Å². The summed E-state index contributed by atoms with van der Waals surface area (Å²) in [5.41, 5.74) is 5.86.